The van der Waals surface area contributed by atoms with Crippen LogP contribution < -0.4 is 0 Å². The van der Waals surface area contributed by atoms with E-state index in [-0.39, 0.29) is 5.69 Å². The van der Waals surface area contributed by atoms with Gasteiger partial charge in [0, 0.05) is 23.4 Å². The zero-order valence-corrected chi connectivity index (χ0v) is 16.1. The van der Waals surface area contributed by atoms with Crippen LogP contribution in [0.4, 0.5) is 5.69 Å². The third kappa shape index (κ3) is 3.91. The van der Waals surface area contributed by atoms with Gasteiger partial charge in [0.2, 0.25) is 5.82 Å². The van der Waals surface area contributed by atoms with Gasteiger partial charge in [-0.3, -0.25) is 14.8 Å². The molecule has 2 aromatic heterocycles. The number of non-ortho nitro benzene ring substituents is 1. The zero-order valence-electron chi connectivity index (χ0n) is 16.1. The predicted octanol–water partition coefficient (Wildman–Crippen LogP) is 4.43. The van der Waals surface area contributed by atoms with Gasteiger partial charge < -0.3 is 4.52 Å². The molecule has 0 bridgehead atoms. The van der Waals surface area contributed by atoms with Crippen molar-refractivity contribution in [1.82, 2.24) is 19.9 Å². The molecule has 0 aliphatic rings. The van der Waals surface area contributed by atoms with Crippen LogP contribution in [-0.4, -0.2) is 24.8 Å². The summed E-state index contributed by atoms with van der Waals surface area (Å²) in [6, 6.07) is 16.3. The van der Waals surface area contributed by atoms with Crippen LogP contribution in [-0.2, 0) is 13.0 Å². The highest BCUT2D eigenvalue weighted by molar-refractivity contribution is 5.59. The minimum atomic E-state index is -0.446. The van der Waals surface area contributed by atoms with Crippen LogP contribution in [0.25, 0.3) is 23.0 Å². The van der Waals surface area contributed by atoms with E-state index in [9.17, 15) is 10.1 Å². The SMILES string of the molecule is CCc1cc(-c2nc(-c3ccc([N+](=O)[O-])cc3)no2)nn1Cc1ccc(C)cc1. The van der Waals surface area contributed by atoms with Crippen LogP contribution in [0.1, 0.15) is 23.7 Å². The van der Waals surface area contributed by atoms with Crippen molar-refractivity contribution in [3.63, 3.8) is 0 Å². The van der Waals surface area contributed by atoms with E-state index in [1.807, 2.05) is 10.7 Å². The Hall–Kier alpha value is -3.81. The number of nitrogens with zero attached hydrogens (tertiary/aromatic N) is 5. The highest BCUT2D eigenvalue weighted by atomic mass is 16.6. The number of benzene rings is 2. The fourth-order valence-corrected chi connectivity index (χ4v) is 3.02. The first kappa shape index (κ1) is 18.5. The standard InChI is InChI=1S/C21H19N5O3/c1-3-17-12-19(23-25(17)13-15-6-4-14(2)5-7-15)21-22-20(24-29-21)16-8-10-18(11-9-16)26(27)28/h4-12H,3,13H2,1-2H3. The highest BCUT2D eigenvalue weighted by Crippen LogP contribution is 2.24. The summed E-state index contributed by atoms with van der Waals surface area (Å²) in [5, 5.41) is 19.4. The molecule has 0 aliphatic carbocycles. The number of nitro groups is 1. The lowest BCUT2D eigenvalue weighted by atomic mass is 10.1. The lowest BCUT2D eigenvalue weighted by Gasteiger charge is -2.06. The summed E-state index contributed by atoms with van der Waals surface area (Å²) in [5.41, 5.74) is 4.71. The van der Waals surface area contributed by atoms with Gasteiger partial charge in [-0.1, -0.05) is 41.9 Å². The Morgan fingerprint density at radius 2 is 1.83 bits per heavy atom. The van der Waals surface area contributed by atoms with Crippen LogP contribution >= 0.6 is 0 Å². The normalized spacial score (nSPS) is 11.0. The second kappa shape index (κ2) is 7.67. The number of rotatable bonds is 6. The smallest absolute Gasteiger partial charge is 0.278 e. The third-order valence-electron chi connectivity index (χ3n) is 4.66. The lowest BCUT2D eigenvalue weighted by Crippen LogP contribution is -2.05. The number of nitro benzene ring substituents is 1. The van der Waals surface area contributed by atoms with E-state index in [0.29, 0.717) is 29.5 Å². The molecule has 0 amide bonds. The van der Waals surface area contributed by atoms with Gasteiger partial charge in [-0.05, 0) is 37.1 Å². The van der Waals surface area contributed by atoms with Crippen molar-refractivity contribution in [1.29, 1.82) is 0 Å². The van der Waals surface area contributed by atoms with Crippen molar-refractivity contribution < 1.29 is 9.45 Å². The van der Waals surface area contributed by atoms with Gasteiger partial charge in [-0.25, -0.2) is 0 Å². The summed E-state index contributed by atoms with van der Waals surface area (Å²) >= 11 is 0. The fraction of sp³-hybridized carbons (Fsp3) is 0.190. The van der Waals surface area contributed by atoms with E-state index in [1.165, 1.54) is 17.7 Å². The Kier molecular flexibility index (Phi) is 4.90. The molecule has 0 unspecified atom stereocenters. The molecule has 29 heavy (non-hydrogen) atoms. The quantitative estimate of drug-likeness (QED) is 0.357. The molecule has 146 valence electrons. The lowest BCUT2D eigenvalue weighted by molar-refractivity contribution is -0.384. The monoisotopic (exact) mass is 389 g/mol. The van der Waals surface area contributed by atoms with E-state index in [4.69, 9.17) is 4.52 Å². The molecule has 0 fully saturated rings. The van der Waals surface area contributed by atoms with Gasteiger partial charge in [0.25, 0.3) is 11.6 Å². The summed E-state index contributed by atoms with van der Waals surface area (Å²) in [6.07, 6.45) is 0.822. The minimum absolute atomic E-state index is 0.0138. The van der Waals surface area contributed by atoms with Crippen molar-refractivity contribution in [3.05, 3.63) is 81.5 Å². The topological polar surface area (TPSA) is 99.9 Å². The Balaban J connectivity index is 1.59. The van der Waals surface area contributed by atoms with E-state index < -0.39 is 4.92 Å². The van der Waals surface area contributed by atoms with Crippen LogP contribution in [0.3, 0.4) is 0 Å². The first-order valence-corrected chi connectivity index (χ1v) is 9.24. The van der Waals surface area contributed by atoms with E-state index >= 15 is 0 Å². The molecule has 4 aromatic rings. The zero-order chi connectivity index (χ0) is 20.4. The van der Waals surface area contributed by atoms with Gasteiger partial charge in [0.1, 0.15) is 0 Å². The maximum absolute atomic E-state index is 10.8. The maximum atomic E-state index is 10.8. The summed E-state index contributed by atoms with van der Waals surface area (Å²) in [4.78, 5) is 14.8. The molecule has 8 heteroatoms. The van der Waals surface area contributed by atoms with Gasteiger partial charge in [-0.15, -0.1) is 0 Å². The largest absolute Gasteiger partial charge is 0.332 e. The van der Waals surface area contributed by atoms with Crippen LogP contribution in [0.15, 0.2) is 59.1 Å². The average Bonchev–Trinajstić information content (AvgIpc) is 3.37. The van der Waals surface area contributed by atoms with Gasteiger partial charge in [0.15, 0.2) is 5.69 Å². The van der Waals surface area contributed by atoms with Crippen molar-refractivity contribution in [3.8, 4) is 23.0 Å². The second-order valence-corrected chi connectivity index (χ2v) is 6.74. The molecular formula is C21H19N5O3. The van der Waals surface area contributed by atoms with E-state index in [1.54, 1.807) is 12.1 Å². The Bertz CT molecular complexity index is 1140. The molecule has 0 radical (unpaired) electrons. The first-order valence-electron chi connectivity index (χ1n) is 9.24. The van der Waals surface area contributed by atoms with Crippen LogP contribution in [0.5, 0.6) is 0 Å². The van der Waals surface area contributed by atoms with Crippen molar-refractivity contribution in [2.24, 2.45) is 0 Å². The third-order valence-corrected chi connectivity index (χ3v) is 4.66. The predicted molar refractivity (Wildman–Crippen MR) is 107 cm³/mol. The molecule has 0 aliphatic heterocycles. The Morgan fingerprint density at radius 3 is 2.48 bits per heavy atom. The summed E-state index contributed by atoms with van der Waals surface area (Å²) in [6.45, 7) is 4.79. The summed E-state index contributed by atoms with van der Waals surface area (Å²) < 4.78 is 7.33. The molecule has 4 rings (SSSR count). The molecule has 0 atom stereocenters. The van der Waals surface area contributed by atoms with Crippen molar-refractivity contribution in [2.45, 2.75) is 26.8 Å². The summed E-state index contributed by atoms with van der Waals surface area (Å²) in [7, 11) is 0. The fourth-order valence-electron chi connectivity index (χ4n) is 3.02. The van der Waals surface area contributed by atoms with Gasteiger partial charge >= 0.3 is 0 Å². The molecule has 0 saturated heterocycles. The molecule has 0 N–H and O–H groups in total. The number of hydrogen-bond donors (Lipinski definition) is 0. The molecule has 2 heterocycles. The molecule has 0 saturated carbocycles. The molecule has 0 spiro atoms. The van der Waals surface area contributed by atoms with E-state index in [0.717, 1.165) is 17.7 Å². The van der Waals surface area contributed by atoms with E-state index in [2.05, 4.69) is 53.4 Å². The molecule has 8 nitrogen and oxygen atoms in total. The number of hydrogen-bond acceptors (Lipinski definition) is 6. The Morgan fingerprint density at radius 1 is 1.10 bits per heavy atom. The van der Waals surface area contributed by atoms with Crippen LogP contribution in [0.2, 0.25) is 0 Å². The van der Waals surface area contributed by atoms with Crippen molar-refractivity contribution in [2.75, 3.05) is 0 Å². The van der Waals surface area contributed by atoms with Crippen LogP contribution in [0, 0.1) is 17.0 Å². The molecular weight excluding hydrogens is 370 g/mol. The van der Waals surface area contributed by atoms with Gasteiger partial charge in [0.05, 0.1) is 11.5 Å². The van der Waals surface area contributed by atoms with Gasteiger partial charge in [-0.2, -0.15) is 10.1 Å². The minimum Gasteiger partial charge on any atom is -0.332 e. The summed E-state index contributed by atoms with van der Waals surface area (Å²) in [5.74, 6) is 0.678. The Labute approximate surface area is 167 Å². The highest BCUT2D eigenvalue weighted by Gasteiger charge is 2.16. The number of aromatic nitrogens is 4. The maximum Gasteiger partial charge on any atom is 0.278 e. The average molecular weight is 389 g/mol. The number of aryl methyl sites for hydroxylation is 2. The second-order valence-electron chi connectivity index (χ2n) is 6.74. The van der Waals surface area contributed by atoms with Crippen molar-refractivity contribution >= 4 is 5.69 Å². The molecule has 2 aromatic carbocycles. The first-order chi connectivity index (χ1) is 14.0.